The van der Waals surface area contributed by atoms with Crippen LogP contribution >= 0.6 is 0 Å². The first-order chi connectivity index (χ1) is 11.9. The maximum atomic E-state index is 11.6. The van der Waals surface area contributed by atoms with Gasteiger partial charge in [0.05, 0.1) is 6.61 Å². The molecule has 2 aromatic rings. The topological polar surface area (TPSA) is 67.8 Å². The maximum absolute atomic E-state index is 11.6. The van der Waals surface area contributed by atoms with Crippen LogP contribution < -0.4 is 10.1 Å². The normalized spacial score (nSPS) is 11.0. The molecule has 0 radical (unpaired) electrons. The van der Waals surface area contributed by atoms with Crippen LogP contribution in [0.1, 0.15) is 31.9 Å². The van der Waals surface area contributed by atoms with Crippen LogP contribution in [0.5, 0.6) is 11.5 Å². The number of aliphatic hydroxyl groups is 1. The second-order valence-electron chi connectivity index (χ2n) is 6.73. The van der Waals surface area contributed by atoms with E-state index in [9.17, 15) is 9.90 Å². The van der Waals surface area contributed by atoms with Crippen LogP contribution in [-0.4, -0.2) is 23.3 Å². The minimum atomic E-state index is -0.499. The van der Waals surface area contributed by atoms with E-state index in [1.807, 2.05) is 63.2 Å². The van der Waals surface area contributed by atoms with E-state index in [4.69, 9.17) is 9.47 Å². The van der Waals surface area contributed by atoms with Crippen LogP contribution in [0.4, 0.5) is 4.79 Å². The van der Waals surface area contributed by atoms with Crippen LogP contribution in [0, 0.1) is 0 Å². The third-order valence-electron chi connectivity index (χ3n) is 3.30. The molecule has 0 aromatic heterocycles. The summed E-state index contributed by atoms with van der Waals surface area (Å²) in [6, 6.07) is 15.0. The number of nitrogens with one attached hydrogen (secondary N) is 1. The van der Waals surface area contributed by atoms with E-state index < -0.39 is 11.7 Å². The molecule has 0 fully saturated rings. The number of aliphatic hydroxyl groups excluding tert-OH is 1. The molecular formula is C20H25NO4. The van der Waals surface area contributed by atoms with Gasteiger partial charge in [0.25, 0.3) is 0 Å². The molecule has 2 rings (SSSR count). The third-order valence-corrected chi connectivity index (χ3v) is 3.30. The van der Waals surface area contributed by atoms with Crippen LogP contribution in [0.2, 0.25) is 0 Å². The van der Waals surface area contributed by atoms with Gasteiger partial charge in [0.1, 0.15) is 17.1 Å². The zero-order valence-electron chi connectivity index (χ0n) is 14.9. The molecular weight excluding hydrogens is 318 g/mol. The molecule has 5 nitrogen and oxygen atoms in total. The number of alkyl carbamates (subject to hydrolysis) is 1. The Kier molecular flexibility index (Phi) is 6.42. The second-order valence-corrected chi connectivity index (χ2v) is 6.73. The first-order valence-corrected chi connectivity index (χ1v) is 8.29. The summed E-state index contributed by atoms with van der Waals surface area (Å²) < 4.78 is 11.0. The first kappa shape index (κ1) is 18.8. The van der Waals surface area contributed by atoms with Gasteiger partial charge in [0.15, 0.2) is 0 Å². The van der Waals surface area contributed by atoms with Crippen molar-refractivity contribution >= 4 is 6.09 Å². The summed E-state index contributed by atoms with van der Waals surface area (Å²) in [5, 5.41) is 11.9. The zero-order chi connectivity index (χ0) is 18.3. The smallest absolute Gasteiger partial charge is 0.407 e. The highest BCUT2D eigenvalue weighted by Crippen LogP contribution is 2.23. The van der Waals surface area contributed by atoms with Crippen LogP contribution in [0.3, 0.4) is 0 Å². The molecule has 0 saturated heterocycles. The lowest BCUT2D eigenvalue weighted by Gasteiger charge is -2.19. The Bertz CT molecular complexity index is 707. The molecule has 2 aromatic carbocycles. The Hall–Kier alpha value is -2.53. The lowest BCUT2D eigenvalue weighted by Crippen LogP contribution is -2.33. The molecule has 1 amide bonds. The Morgan fingerprint density at radius 1 is 1.04 bits per heavy atom. The molecule has 25 heavy (non-hydrogen) atoms. The van der Waals surface area contributed by atoms with Crippen LogP contribution in [0.25, 0.3) is 0 Å². The van der Waals surface area contributed by atoms with Crippen molar-refractivity contribution in [1.29, 1.82) is 0 Å². The molecule has 0 heterocycles. The third kappa shape index (κ3) is 6.85. The van der Waals surface area contributed by atoms with E-state index in [0.29, 0.717) is 24.5 Å². The highest BCUT2D eigenvalue weighted by Gasteiger charge is 2.15. The van der Waals surface area contributed by atoms with Gasteiger partial charge in [-0.05, 0) is 62.6 Å². The van der Waals surface area contributed by atoms with Gasteiger partial charge >= 0.3 is 6.09 Å². The van der Waals surface area contributed by atoms with E-state index in [2.05, 4.69) is 5.32 Å². The zero-order valence-corrected chi connectivity index (χ0v) is 14.9. The molecule has 134 valence electrons. The number of rotatable bonds is 6. The summed E-state index contributed by atoms with van der Waals surface area (Å²) in [7, 11) is 0. The number of ether oxygens (including phenoxy) is 2. The minimum Gasteiger partial charge on any atom is -0.457 e. The summed E-state index contributed by atoms with van der Waals surface area (Å²) in [6.45, 7) is 5.96. The minimum absolute atomic E-state index is 0.0203. The molecule has 0 unspecified atom stereocenters. The lowest BCUT2D eigenvalue weighted by atomic mass is 10.1. The van der Waals surface area contributed by atoms with Crippen molar-refractivity contribution in [2.45, 2.75) is 39.4 Å². The van der Waals surface area contributed by atoms with Gasteiger partial charge < -0.3 is 19.9 Å². The molecule has 0 aliphatic carbocycles. The molecule has 2 N–H and O–H groups in total. The van der Waals surface area contributed by atoms with Crippen molar-refractivity contribution in [2.75, 3.05) is 6.54 Å². The van der Waals surface area contributed by atoms with Crippen LogP contribution in [0.15, 0.2) is 48.5 Å². The van der Waals surface area contributed by atoms with E-state index >= 15 is 0 Å². The lowest BCUT2D eigenvalue weighted by molar-refractivity contribution is 0.0528. The van der Waals surface area contributed by atoms with Gasteiger partial charge in [0.2, 0.25) is 0 Å². The fourth-order valence-electron chi connectivity index (χ4n) is 2.23. The van der Waals surface area contributed by atoms with Crippen molar-refractivity contribution in [2.24, 2.45) is 0 Å². The summed E-state index contributed by atoms with van der Waals surface area (Å²) in [6.07, 6.45) is 0.258. The van der Waals surface area contributed by atoms with Crippen molar-refractivity contribution in [3.63, 3.8) is 0 Å². The summed E-state index contributed by atoms with van der Waals surface area (Å²) in [4.78, 5) is 11.6. The van der Waals surface area contributed by atoms with Crippen LogP contribution in [-0.2, 0) is 17.8 Å². The number of carbonyl (C=O) groups excluding carboxylic acids is 1. The van der Waals surface area contributed by atoms with Crippen molar-refractivity contribution in [1.82, 2.24) is 5.32 Å². The molecule has 0 saturated carbocycles. The Morgan fingerprint density at radius 2 is 1.64 bits per heavy atom. The number of hydrogen-bond donors (Lipinski definition) is 2. The summed E-state index contributed by atoms with van der Waals surface area (Å²) >= 11 is 0. The second kappa shape index (κ2) is 8.53. The monoisotopic (exact) mass is 343 g/mol. The maximum Gasteiger partial charge on any atom is 0.407 e. The van der Waals surface area contributed by atoms with Gasteiger partial charge in [0, 0.05) is 6.54 Å². The van der Waals surface area contributed by atoms with E-state index in [-0.39, 0.29) is 6.61 Å². The van der Waals surface area contributed by atoms with E-state index in [0.717, 1.165) is 11.1 Å². The van der Waals surface area contributed by atoms with E-state index in [1.54, 1.807) is 6.07 Å². The van der Waals surface area contributed by atoms with Crippen molar-refractivity contribution in [3.8, 4) is 11.5 Å². The molecule has 0 atom stereocenters. The highest BCUT2D eigenvalue weighted by atomic mass is 16.6. The Balaban J connectivity index is 1.89. The molecule has 5 heteroatoms. The van der Waals surface area contributed by atoms with Crippen molar-refractivity contribution < 1.29 is 19.4 Å². The Morgan fingerprint density at radius 3 is 2.24 bits per heavy atom. The van der Waals surface area contributed by atoms with Gasteiger partial charge in [-0.15, -0.1) is 0 Å². The molecule has 0 aliphatic rings. The predicted molar refractivity (Wildman–Crippen MR) is 96.8 cm³/mol. The fourth-order valence-corrected chi connectivity index (χ4v) is 2.23. The van der Waals surface area contributed by atoms with Gasteiger partial charge in [-0.2, -0.15) is 0 Å². The molecule has 0 aliphatic heterocycles. The number of benzene rings is 2. The summed E-state index contributed by atoms with van der Waals surface area (Å²) in [5.74, 6) is 1.39. The van der Waals surface area contributed by atoms with Gasteiger partial charge in [-0.1, -0.05) is 24.3 Å². The van der Waals surface area contributed by atoms with Crippen molar-refractivity contribution in [3.05, 3.63) is 59.7 Å². The first-order valence-electron chi connectivity index (χ1n) is 8.29. The standard InChI is InChI=1S/C20H25NO4/c1-20(2,3)25-19(23)21-11-10-15-6-4-8-17(12-15)24-18-9-5-7-16(13-18)14-22/h4-9,12-13,22H,10-11,14H2,1-3H3,(H,21,23). The largest absolute Gasteiger partial charge is 0.457 e. The SMILES string of the molecule is CC(C)(C)OC(=O)NCCc1cccc(Oc2cccc(CO)c2)c1. The number of carbonyl (C=O) groups is 1. The quantitative estimate of drug-likeness (QED) is 0.831. The molecule has 0 bridgehead atoms. The van der Waals surface area contributed by atoms with E-state index in [1.165, 1.54) is 0 Å². The number of amides is 1. The highest BCUT2D eigenvalue weighted by molar-refractivity contribution is 5.67. The summed E-state index contributed by atoms with van der Waals surface area (Å²) in [5.41, 5.74) is 1.35. The predicted octanol–water partition coefficient (Wildman–Crippen LogP) is 4.04. The average Bonchev–Trinajstić information content (AvgIpc) is 2.54. The average molecular weight is 343 g/mol. The number of hydrogen-bond acceptors (Lipinski definition) is 4. The Labute approximate surface area is 148 Å². The fraction of sp³-hybridized carbons (Fsp3) is 0.350. The van der Waals surface area contributed by atoms with Gasteiger partial charge in [-0.3, -0.25) is 0 Å². The van der Waals surface area contributed by atoms with Gasteiger partial charge in [-0.25, -0.2) is 4.79 Å². The molecule has 0 spiro atoms.